The van der Waals surface area contributed by atoms with Gasteiger partial charge < -0.3 is 20.3 Å². The van der Waals surface area contributed by atoms with Crippen molar-refractivity contribution in [3.63, 3.8) is 0 Å². The first-order chi connectivity index (χ1) is 14.0. The van der Waals surface area contributed by atoms with Crippen LogP contribution in [0.5, 0.6) is 0 Å². The summed E-state index contributed by atoms with van der Waals surface area (Å²) in [5, 5.41) is 0. The zero-order chi connectivity index (χ0) is 20.1. The van der Waals surface area contributed by atoms with Crippen LogP contribution >= 0.6 is 0 Å². The van der Waals surface area contributed by atoms with Crippen molar-refractivity contribution < 1.29 is 18.3 Å². The van der Waals surface area contributed by atoms with Gasteiger partial charge in [0.05, 0.1) is 12.6 Å². The van der Waals surface area contributed by atoms with Gasteiger partial charge in [0.25, 0.3) is 0 Å². The molecule has 0 spiro atoms. The number of benzene rings is 1. The molecule has 29 heavy (non-hydrogen) atoms. The first-order valence-corrected chi connectivity index (χ1v) is 10.6. The Morgan fingerprint density at radius 3 is 2.72 bits per heavy atom. The molecule has 0 unspecified atom stereocenters. The van der Waals surface area contributed by atoms with Gasteiger partial charge in [-0.2, -0.15) is 0 Å². The lowest BCUT2D eigenvalue weighted by atomic mass is 9.93. The minimum Gasteiger partial charge on any atom is -0.370 e. The maximum Gasteiger partial charge on any atom is 0.227 e. The number of hydrogen-bond acceptors (Lipinski definition) is 4. The lowest BCUT2D eigenvalue weighted by Gasteiger charge is -2.40. The summed E-state index contributed by atoms with van der Waals surface area (Å²) in [5.74, 6) is -0.125. The lowest BCUT2D eigenvalue weighted by Crippen LogP contribution is -2.48. The highest BCUT2D eigenvalue weighted by atomic mass is 19.1. The van der Waals surface area contributed by atoms with Gasteiger partial charge in [-0.15, -0.1) is 0 Å². The van der Waals surface area contributed by atoms with E-state index in [1.54, 1.807) is 0 Å². The number of nitrogens with two attached hydrogens (primary N) is 1. The monoisotopic (exact) mass is 403 g/mol. The minimum atomic E-state index is -0.641. The number of amides is 1. The van der Waals surface area contributed by atoms with E-state index in [0.29, 0.717) is 25.4 Å². The molecule has 5 nitrogen and oxygen atoms in total. The van der Waals surface area contributed by atoms with Crippen molar-refractivity contribution in [3.8, 4) is 0 Å². The van der Waals surface area contributed by atoms with Gasteiger partial charge in [-0.3, -0.25) is 4.79 Å². The van der Waals surface area contributed by atoms with E-state index in [1.807, 2.05) is 4.90 Å². The maximum atomic E-state index is 14.2. The van der Waals surface area contributed by atoms with Gasteiger partial charge in [-0.1, -0.05) is 0 Å². The third kappa shape index (κ3) is 3.55. The molecule has 0 aromatic heterocycles. The van der Waals surface area contributed by atoms with Gasteiger partial charge in [-0.25, -0.2) is 8.78 Å². The number of rotatable bonds is 4. The molecule has 1 aromatic carbocycles. The Bertz CT molecular complexity index is 854. The molecule has 0 bridgehead atoms. The third-order valence-electron chi connectivity index (χ3n) is 6.74. The topological polar surface area (TPSA) is 58.8 Å². The molecule has 3 heterocycles. The predicted octanol–water partition coefficient (Wildman–Crippen LogP) is 3.07. The lowest BCUT2D eigenvalue weighted by molar-refractivity contribution is -0.129. The van der Waals surface area contributed by atoms with Crippen molar-refractivity contribution in [1.29, 1.82) is 0 Å². The molecule has 4 aliphatic rings. The number of ether oxygens (including phenoxy) is 1. The first-order valence-electron chi connectivity index (χ1n) is 10.6. The summed E-state index contributed by atoms with van der Waals surface area (Å²) in [7, 11) is 0. The van der Waals surface area contributed by atoms with E-state index in [9.17, 15) is 13.6 Å². The number of hydrogen-bond donors (Lipinski definition) is 1. The average molecular weight is 403 g/mol. The fourth-order valence-corrected chi connectivity index (χ4v) is 5.07. The summed E-state index contributed by atoms with van der Waals surface area (Å²) >= 11 is 0. The van der Waals surface area contributed by atoms with E-state index in [1.165, 1.54) is 30.3 Å². The molecule has 156 valence electrons. The Morgan fingerprint density at radius 1 is 1.17 bits per heavy atom. The highest BCUT2D eigenvalue weighted by Gasteiger charge is 2.41. The molecule has 1 aromatic rings. The van der Waals surface area contributed by atoms with E-state index >= 15 is 0 Å². The minimum absolute atomic E-state index is 0.101. The number of nitrogens with zero attached hydrogens (tertiary/aromatic N) is 2. The molecule has 2 fully saturated rings. The van der Waals surface area contributed by atoms with Crippen molar-refractivity contribution in [3.05, 3.63) is 46.8 Å². The van der Waals surface area contributed by atoms with Crippen LogP contribution in [0.25, 0.3) is 0 Å². The second kappa shape index (κ2) is 7.36. The third-order valence-corrected chi connectivity index (χ3v) is 6.74. The Labute approximate surface area is 169 Å². The fraction of sp³-hybridized carbons (Fsp3) is 0.591. The van der Waals surface area contributed by atoms with Crippen molar-refractivity contribution in [2.24, 2.45) is 11.7 Å². The number of carbonyl (C=O) groups is 1. The summed E-state index contributed by atoms with van der Waals surface area (Å²) in [4.78, 5) is 16.9. The van der Waals surface area contributed by atoms with E-state index in [0.717, 1.165) is 38.1 Å². The van der Waals surface area contributed by atoms with Crippen LogP contribution in [0.2, 0.25) is 0 Å². The quantitative estimate of drug-likeness (QED) is 0.840. The van der Waals surface area contributed by atoms with E-state index in [2.05, 4.69) is 4.90 Å². The normalized spacial score (nSPS) is 29.6. The van der Waals surface area contributed by atoms with Gasteiger partial charge in [0.1, 0.15) is 17.7 Å². The van der Waals surface area contributed by atoms with Gasteiger partial charge in [0.2, 0.25) is 5.91 Å². The van der Waals surface area contributed by atoms with Crippen LogP contribution in [-0.4, -0.2) is 47.5 Å². The van der Waals surface area contributed by atoms with Crippen molar-refractivity contribution >= 4 is 5.91 Å². The van der Waals surface area contributed by atoms with Crippen LogP contribution < -0.4 is 5.73 Å². The first kappa shape index (κ1) is 19.0. The van der Waals surface area contributed by atoms with Gasteiger partial charge in [-0.05, 0) is 43.4 Å². The predicted molar refractivity (Wildman–Crippen MR) is 103 cm³/mol. The fourth-order valence-electron chi connectivity index (χ4n) is 5.07. The molecular weight excluding hydrogens is 376 g/mol. The van der Waals surface area contributed by atoms with Crippen molar-refractivity contribution in [2.45, 2.75) is 56.7 Å². The molecule has 5 rings (SSSR count). The Balaban J connectivity index is 1.27. The smallest absolute Gasteiger partial charge is 0.227 e. The van der Waals surface area contributed by atoms with Gasteiger partial charge in [0, 0.05) is 55.4 Å². The van der Waals surface area contributed by atoms with E-state index < -0.39 is 23.8 Å². The van der Waals surface area contributed by atoms with Crippen LogP contribution in [-0.2, 0) is 9.53 Å². The summed E-state index contributed by atoms with van der Waals surface area (Å²) in [6.45, 7) is 2.04. The van der Waals surface area contributed by atoms with Crippen molar-refractivity contribution in [2.75, 3.05) is 19.7 Å². The van der Waals surface area contributed by atoms with Gasteiger partial charge in [0.15, 0.2) is 0 Å². The second-order valence-corrected chi connectivity index (χ2v) is 8.75. The van der Waals surface area contributed by atoms with Crippen LogP contribution in [0.3, 0.4) is 0 Å². The molecule has 1 amide bonds. The highest BCUT2D eigenvalue weighted by Crippen LogP contribution is 2.41. The SMILES string of the molecule is N[C@H]1C[C@@H](N2CCC3=C2CCN3C(=O)CC2CC2)CO[C@@H]1c1cc(F)ccc1F. The van der Waals surface area contributed by atoms with Crippen molar-refractivity contribution in [1.82, 2.24) is 9.80 Å². The molecule has 1 aliphatic carbocycles. The highest BCUT2D eigenvalue weighted by molar-refractivity contribution is 5.79. The zero-order valence-corrected chi connectivity index (χ0v) is 16.4. The number of halogens is 2. The Kier molecular flexibility index (Phi) is 4.82. The molecule has 7 heteroatoms. The Morgan fingerprint density at radius 2 is 1.97 bits per heavy atom. The standard InChI is InChI=1S/C22H27F2N3O2/c23-14-3-4-17(24)16(10-14)22-18(25)11-15(12-29-22)26-7-5-20-19(26)6-8-27(20)21(28)9-13-1-2-13/h3-4,10,13,15,18,22H,1-2,5-9,11-12,25H2/t15-,18+,22-/m1/s1. The Hall–Kier alpha value is -1.99. The van der Waals surface area contributed by atoms with Crippen LogP contribution in [0.15, 0.2) is 29.6 Å². The molecule has 0 radical (unpaired) electrons. The largest absolute Gasteiger partial charge is 0.370 e. The van der Waals surface area contributed by atoms with E-state index in [-0.39, 0.29) is 17.5 Å². The van der Waals surface area contributed by atoms with E-state index in [4.69, 9.17) is 10.5 Å². The van der Waals surface area contributed by atoms with Gasteiger partial charge >= 0.3 is 0 Å². The summed E-state index contributed by atoms with van der Waals surface area (Å²) in [5.41, 5.74) is 8.94. The molecule has 1 saturated carbocycles. The molecule has 3 atom stereocenters. The molecule has 1 saturated heterocycles. The summed E-state index contributed by atoms with van der Waals surface area (Å²) < 4.78 is 33.7. The average Bonchev–Trinajstić information content (AvgIpc) is 3.25. The summed E-state index contributed by atoms with van der Waals surface area (Å²) in [6, 6.07) is 3.09. The maximum absolute atomic E-state index is 14.2. The van der Waals surface area contributed by atoms with Crippen LogP contribution in [0.4, 0.5) is 8.78 Å². The zero-order valence-electron chi connectivity index (χ0n) is 16.4. The number of carbonyl (C=O) groups excluding carboxylic acids is 1. The van der Waals surface area contributed by atoms with Crippen LogP contribution in [0.1, 0.15) is 50.2 Å². The molecule has 3 aliphatic heterocycles. The second-order valence-electron chi connectivity index (χ2n) is 8.75. The summed E-state index contributed by atoms with van der Waals surface area (Å²) in [6.07, 6.45) is 4.80. The van der Waals surface area contributed by atoms with Crippen LogP contribution in [0, 0.1) is 17.6 Å². The molecular formula is C22H27F2N3O2. The molecule has 2 N–H and O–H groups in total.